The Bertz CT molecular complexity index is 681. The second-order valence-electron chi connectivity index (χ2n) is 4.03. The highest BCUT2D eigenvalue weighted by molar-refractivity contribution is 6.20. The molecule has 19 heavy (non-hydrogen) atoms. The molecule has 0 aliphatic heterocycles. The van der Waals surface area contributed by atoms with Crippen molar-refractivity contribution in [3.63, 3.8) is 0 Å². The van der Waals surface area contributed by atoms with Gasteiger partial charge in [0.25, 0.3) is 0 Å². The molecule has 100 valence electrons. The fraction of sp³-hybridized carbons (Fsp3) is 0.250. The summed E-state index contributed by atoms with van der Waals surface area (Å²) >= 11 is 5.82. The van der Waals surface area contributed by atoms with Crippen LogP contribution in [0.4, 0.5) is 11.4 Å². The average molecular weight is 283 g/mol. The molecule has 0 fully saturated rings. The Balaban J connectivity index is 2.69. The van der Waals surface area contributed by atoms with E-state index >= 15 is 0 Å². The normalized spacial score (nSPS) is 12.3. The minimum absolute atomic E-state index is 0.143. The monoisotopic (exact) mass is 282 g/mol. The Hall–Kier alpha value is -2.08. The quantitative estimate of drug-likeness (QED) is 0.403. The molecule has 0 saturated carbocycles. The summed E-state index contributed by atoms with van der Waals surface area (Å²) in [4.78, 5) is 21.9. The molecule has 1 unspecified atom stereocenters. The lowest BCUT2D eigenvalue weighted by atomic mass is 10.2. The number of halogens is 1. The lowest BCUT2D eigenvalue weighted by Crippen LogP contribution is -2.16. The Labute approximate surface area is 113 Å². The molecule has 0 radical (unpaired) electrons. The molecule has 0 spiro atoms. The summed E-state index contributed by atoms with van der Waals surface area (Å²) in [6, 6.07) is 6.62. The number of benzene rings is 1. The maximum atomic E-state index is 11.7. The van der Waals surface area contributed by atoms with Crippen molar-refractivity contribution in [1.82, 2.24) is 0 Å². The average Bonchev–Trinajstić information content (AvgIpc) is 2.34. The lowest BCUT2D eigenvalue weighted by molar-refractivity contribution is -0.386. The molecule has 0 bridgehead atoms. The van der Waals surface area contributed by atoms with Gasteiger partial charge >= 0.3 is 11.3 Å². The Morgan fingerprint density at radius 1 is 1.47 bits per heavy atom. The summed E-state index contributed by atoms with van der Waals surface area (Å²) in [6.45, 7) is 2.05. The smallest absolute Gasteiger partial charge is 0.417 e. The number of hydrogen-bond acceptors (Lipinski definition) is 5. The molecule has 1 aromatic carbocycles. The largest absolute Gasteiger partial charge is 0.418 e. The van der Waals surface area contributed by atoms with Crippen LogP contribution in [0.25, 0.3) is 11.0 Å². The molecule has 0 amide bonds. The van der Waals surface area contributed by atoms with Crippen LogP contribution in [0, 0.1) is 10.1 Å². The van der Waals surface area contributed by atoms with E-state index in [1.165, 1.54) is 0 Å². The van der Waals surface area contributed by atoms with Crippen LogP contribution in [-0.2, 0) is 0 Å². The Morgan fingerprint density at radius 2 is 2.16 bits per heavy atom. The van der Waals surface area contributed by atoms with Crippen molar-refractivity contribution in [3.05, 3.63) is 44.8 Å². The van der Waals surface area contributed by atoms with E-state index in [4.69, 9.17) is 16.0 Å². The summed E-state index contributed by atoms with van der Waals surface area (Å²) in [5, 5.41) is 14.1. The van der Waals surface area contributed by atoms with Crippen LogP contribution in [0.2, 0.25) is 0 Å². The van der Waals surface area contributed by atoms with Crippen LogP contribution in [0.15, 0.2) is 33.5 Å². The zero-order chi connectivity index (χ0) is 14.0. The second kappa shape index (κ2) is 5.27. The van der Waals surface area contributed by atoms with Crippen molar-refractivity contribution in [2.24, 2.45) is 0 Å². The van der Waals surface area contributed by atoms with Crippen molar-refractivity contribution < 1.29 is 9.34 Å². The van der Waals surface area contributed by atoms with Gasteiger partial charge in [-0.05, 0) is 19.1 Å². The van der Waals surface area contributed by atoms with Crippen LogP contribution in [0.1, 0.15) is 6.92 Å². The lowest BCUT2D eigenvalue weighted by Gasteiger charge is -2.10. The van der Waals surface area contributed by atoms with Gasteiger partial charge in [-0.3, -0.25) is 10.1 Å². The van der Waals surface area contributed by atoms with Gasteiger partial charge in [-0.1, -0.05) is 12.1 Å². The number of nitro groups is 1. The fourth-order valence-electron chi connectivity index (χ4n) is 1.73. The van der Waals surface area contributed by atoms with Crippen LogP contribution in [0.3, 0.4) is 0 Å². The molecule has 2 rings (SSSR count). The highest BCUT2D eigenvalue weighted by Crippen LogP contribution is 2.29. The minimum Gasteiger partial charge on any atom is -0.418 e. The van der Waals surface area contributed by atoms with Gasteiger partial charge in [-0.2, -0.15) is 0 Å². The molecule has 1 N–H and O–H groups in total. The first-order valence-electron chi connectivity index (χ1n) is 5.59. The SMILES string of the molecule is CC(Cl)CNc1c([N+](=O)[O-])c(=O)oc2ccccc12. The zero-order valence-corrected chi connectivity index (χ0v) is 10.8. The summed E-state index contributed by atoms with van der Waals surface area (Å²) in [5.41, 5.74) is -1.14. The van der Waals surface area contributed by atoms with Crippen molar-refractivity contribution in [2.45, 2.75) is 12.3 Å². The molecule has 0 aliphatic rings. The number of anilines is 1. The third-order valence-corrected chi connectivity index (χ3v) is 2.69. The number of rotatable bonds is 4. The van der Waals surface area contributed by atoms with E-state index in [0.717, 1.165) is 0 Å². The highest BCUT2D eigenvalue weighted by Gasteiger charge is 2.24. The van der Waals surface area contributed by atoms with E-state index in [-0.39, 0.29) is 11.1 Å². The molecule has 6 nitrogen and oxygen atoms in total. The van der Waals surface area contributed by atoms with E-state index in [1.807, 2.05) is 0 Å². The number of nitrogens with zero attached hydrogens (tertiary/aromatic N) is 1. The molecule has 0 saturated heterocycles. The van der Waals surface area contributed by atoms with E-state index in [9.17, 15) is 14.9 Å². The topological polar surface area (TPSA) is 85.4 Å². The fourth-order valence-corrected chi connectivity index (χ4v) is 1.80. The van der Waals surface area contributed by atoms with E-state index in [0.29, 0.717) is 17.5 Å². The maximum absolute atomic E-state index is 11.7. The highest BCUT2D eigenvalue weighted by atomic mass is 35.5. The van der Waals surface area contributed by atoms with Gasteiger partial charge in [-0.25, -0.2) is 4.79 Å². The standard InChI is InChI=1S/C12H11ClN2O4/c1-7(13)6-14-10-8-4-2-3-5-9(8)19-12(16)11(10)15(17)18/h2-5,7,14H,6H2,1H3. The number of alkyl halides is 1. The predicted molar refractivity (Wildman–Crippen MR) is 72.9 cm³/mol. The number of hydrogen-bond donors (Lipinski definition) is 1. The molecule has 2 aromatic rings. The van der Waals surface area contributed by atoms with E-state index in [2.05, 4.69) is 5.32 Å². The van der Waals surface area contributed by atoms with Gasteiger partial charge in [0.2, 0.25) is 0 Å². The molecule has 1 aromatic heterocycles. The van der Waals surface area contributed by atoms with Gasteiger partial charge < -0.3 is 9.73 Å². The first-order chi connectivity index (χ1) is 9.00. The Kier molecular flexibility index (Phi) is 3.71. The summed E-state index contributed by atoms with van der Waals surface area (Å²) < 4.78 is 4.93. The van der Waals surface area contributed by atoms with Crippen LogP contribution in [-0.4, -0.2) is 16.8 Å². The van der Waals surface area contributed by atoms with Gasteiger partial charge in [0.15, 0.2) is 0 Å². The Morgan fingerprint density at radius 3 is 2.79 bits per heavy atom. The summed E-state index contributed by atoms with van der Waals surface area (Å²) in [7, 11) is 0. The van der Waals surface area contributed by atoms with E-state index in [1.54, 1.807) is 31.2 Å². The van der Waals surface area contributed by atoms with Crippen LogP contribution >= 0.6 is 11.6 Å². The molecular formula is C12H11ClN2O4. The predicted octanol–water partition coefficient (Wildman–Crippen LogP) is 2.74. The van der Waals surface area contributed by atoms with Crippen molar-refractivity contribution >= 4 is 33.9 Å². The maximum Gasteiger partial charge on any atom is 0.417 e. The van der Waals surface area contributed by atoms with Crippen LogP contribution in [0.5, 0.6) is 0 Å². The molecule has 1 heterocycles. The number of fused-ring (bicyclic) bond motifs is 1. The van der Waals surface area contributed by atoms with Crippen LogP contribution < -0.4 is 10.9 Å². The second-order valence-corrected chi connectivity index (χ2v) is 4.77. The number of nitrogens with one attached hydrogen (secondary N) is 1. The van der Waals surface area contributed by atoms with E-state index < -0.39 is 16.2 Å². The number of para-hydroxylation sites is 1. The summed E-state index contributed by atoms with van der Waals surface area (Å²) in [6.07, 6.45) is 0. The van der Waals surface area contributed by atoms with Crippen molar-refractivity contribution in [2.75, 3.05) is 11.9 Å². The third-order valence-electron chi connectivity index (χ3n) is 2.53. The molecule has 0 aliphatic carbocycles. The van der Waals surface area contributed by atoms with Crippen molar-refractivity contribution in [3.8, 4) is 0 Å². The molecule has 7 heteroatoms. The van der Waals surface area contributed by atoms with Gasteiger partial charge in [0.05, 0.1) is 4.92 Å². The molecule has 1 atom stereocenters. The molecular weight excluding hydrogens is 272 g/mol. The zero-order valence-electron chi connectivity index (χ0n) is 10.1. The first kappa shape index (κ1) is 13.4. The summed E-state index contributed by atoms with van der Waals surface area (Å²) in [5.74, 6) is 0. The van der Waals surface area contributed by atoms with Gasteiger partial charge in [0, 0.05) is 17.3 Å². The van der Waals surface area contributed by atoms with Gasteiger partial charge in [0.1, 0.15) is 11.3 Å². The van der Waals surface area contributed by atoms with Crippen molar-refractivity contribution in [1.29, 1.82) is 0 Å². The first-order valence-corrected chi connectivity index (χ1v) is 6.02. The van der Waals surface area contributed by atoms with Gasteiger partial charge in [-0.15, -0.1) is 11.6 Å². The third kappa shape index (κ3) is 2.68. The minimum atomic E-state index is -0.978.